The van der Waals surface area contributed by atoms with Gasteiger partial charge in [0.1, 0.15) is 23.9 Å². The zero-order valence-electron chi connectivity index (χ0n) is 19.6. The van der Waals surface area contributed by atoms with Crippen LogP contribution in [0.3, 0.4) is 0 Å². The number of hydrogen-bond acceptors (Lipinski definition) is 6. The summed E-state index contributed by atoms with van der Waals surface area (Å²) in [5.74, 6) is -1.95. The summed E-state index contributed by atoms with van der Waals surface area (Å²) in [7, 11) is 0. The number of carboxylic acids is 1. The molecule has 1 aromatic carbocycles. The highest BCUT2D eigenvalue weighted by molar-refractivity contribution is 5.95. The van der Waals surface area contributed by atoms with Crippen molar-refractivity contribution in [2.24, 2.45) is 0 Å². The van der Waals surface area contributed by atoms with Crippen LogP contribution in [-0.4, -0.2) is 46.0 Å². The minimum Gasteiger partial charge on any atom is -0.480 e. The molecule has 10 heteroatoms. The number of rotatable bonds is 11. The predicted octanol–water partition coefficient (Wildman–Crippen LogP) is 2.36. The zero-order chi connectivity index (χ0) is 25.1. The van der Waals surface area contributed by atoms with Gasteiger partial charge in [-0.15, -0.1) is 4.73 Å². The summed E-state index contributed by atoms with van der Waals surface area (Å²) < 4.78 is 5.99. The first kappa shape index (κ1) is 26.4. The molecule has 1 heterocycles. The maximum absolute atomic E-state index is 12.8. The van der Waals surface area contributed by atoms with Gasteiger partial charge in [0.2, 0.25) is 0 Å². The molecule has 1 aromatic heterocycles. The van der Waals surface area contributed by atoms with E-state index in [1.807, 2.05) is 30.3 Å². The Hall–Kier alpha value is -3.82. The molecule has 0 aliphatic heterocycles. The lowest BCUT2D eigenvalue weighted by atomic mass is 10.1. The molecule has 2 rings (SSSR count). The van der Waals surface area contributed by atoms with Crippen LogP contribution in [0, 0.1) is 0 Å². The number of carbonyl (C=O) groups excluding carboxylic acids is 2. The van der Waals surface area contributed by atoms with Crippen molar-refractivity contribution in [3.8, 4) is 0 Å². The van der Waals surface area contributed by atoms with E-state index >= 15 is 0 Å². The fourth-order valence-electron chi connectivity index (χ4n) is 2.96. The minimum absolute atomic E-state index is 0.0536. The van der Waals surface area contributed by atoms with Gasteiger partial charge in [-0.1, -0.05) is 36.4 Å². The second-order valence-corrected chi connectivity index (χ2v) is 8.59. The number of unbranched alkanes of at least 4 members (excludes halogenated alkanes) is 1. The molecule has 3 N–H and O–H groups in total. The van der Waals surface area contributed by atoms with Crippen LogP contribution >= 0.6 is 0 Å². The average Bonchev–Trinajstić information content (AvgIpc) is 2.76. The van der Waals surface area contributed by atoms with Gasteiger partial charge >= 0.3 is 12.1 Å². The normalized spacial score (nSPS) is 11.9. The van der Waals surface area contributed by atoms with Crippen molar-refractivity contribution in [1.82, 2.24) is 15.4 Å². The van der Waals surface area contributed by atoms with Crippen LogP contribution < -0.4 is 21.0 Å². The second kappa shape index (κ2) is 12.4. The Kier molecular flexibility index (Phi) is 9.66. The summed E-state index contributed by atoms with van der Waals surface area (Å²) in [5, 5.41) is 14.6. The van der Waals surface area contributed by atoms with Gasteiger partial charge < -0.3 is 25.3 Å². The average molecular weight is 474 g/mol. The van der Waals surface area contributed by atoms with Gasteiger partial charge in [0.05, 0.1) is 0 Å². The van der Waals surface area contributed by atoms with E-state index in [0.29, 0.717) is 19.4 Å². The van der Waals surface area contributed by atoms with Crippen molar-refractivity contribution in [2.45, 2.75) is 58.3 Å². The van der Waals surface area contributed by atoms with Crippen LogP contribution in [0.25, 0.3) is 0 Å². The monoisotopic (exact) mass is 473 g/mol. The standard InChI is InChI=1S/C24H31N3O7/c1-24(2,3)34-23(32)25-15-8-7-12-18(22(30)31)26-21(29)19-13-9-14-20(28)27(19)33-16-17-10-5-4-6-11-17/h4-6,9-11,13-14,18H,7-8,12,15-16H2,1-3H3,(H,25,32)(H,26,29)(H,30,31)/t18-/m0/s1. The molecule has 2 amide bonds. The van der Waals surface area contributed by atoms with E-state index in [2.05, 4.69) is 10.6 Å². The Bertz CT molecular complexity index is 1030. The molecule has 0 radical (unpaired) electrons. The number of nitrogens with one attached hydrogen (secondary N) is 2. The van der Waals surface area contributed by atoms with Gasteiger partial charge in [0.15, 0.2) is 0 Å². The second-order valence-electron chi connectivity index (χ2n) is 8.59. The Morgan fingerprint density at radius 1 is 1.03 bits per heavy atom. The third kappa shape index (κ3) is 8.97. The number of amides is 2. The summed E-state index contributed by atoms with van der Waals surface area (Å²) in [4.78, 5) is 53.9. The highest BCUT2D eigenvalue weighted by Gasteiger charge is 2.23. The molecular weight excluding hydrogens is 442 g/mol. The summed E-state index contributed by atoms with van der Waals surface area (Å²) in [6, 6.07) is 12.0. The van der Waals surface area contributed by atoms with Crippen LogP contribution in [-0.2, 0) is 16.1 Å². The van der Waals surface area contributed by atoms with Gasteiger partial charge in [-0.05, 0) is 51.7 Å². The Morgan fingerprint density at radius 2 is 1.74 bits per heavy atom. The number of hydrogen-bond donors (Lipinski definition) is 3. The summed E-state index contributed by atoms with van der Waals surface area (Å²) in [5.41, 5.74) is -0.468. The van der Waals surface area contributed by atoms with Gasteiger partial charge in [-0.25, -0.2) is 9.59 Å². The van der Waals surface area contributed by atoms with Crippen molar-refractivity contribution in [1.29, 1.82) is 0 Å². The lowest BCUT2D eigenvalue weighted by Crippen LogP contribution is -2.43. The molecule has 2 aromatic rings. The molecule has 0 saturated heterocycles. The number of carbonyl (C=O) groups is 3. The molecular formula is C24H31N3O7. The van der Waals surface area contributed by atoms with Crippen LogP contribution in [0.2, 0.25) is 0 Å². The molecule has 1 atom stereocenters. The van der Waals surface area contributed by atoms with Gasteiger partial charge in [-0.3, -0.25) is 9.59 Å². The molecule has 10 nitrogen and oxygen atoms in total. The SMILES string of the molecule is CC(C)(C)OC(=O)NCCCC[C@H](NC(=O)c1cccc(=O)n1OCc1ccccc1)C(=O)O. The van der Waals surface area contributed by atoms with Gasteiger partial charge in [0, 0.05) is 12.6 Å². The Balaban J connectivity index is 1.93. The van der Waals surface area contributed by atoms with Crippen molar-refractivity contribution in [2.75, 3.05) is 6.54 Å². The largest absolute Gasteiger partial charge is 0.480 e. The predicted molar refractivity (Wildman–Crippen MR) is 124 cm³/mol. The first-order chi connectivity index (χ1) is 16.1. The number of carboxylic acid groups (broad SMARTS) is 1. The van der Waals surface area contributed by atoms with Gasteiger partial charge in [0.25, 0.3) is 11.5 Å². The van der Waals surface area contributed by atoms with E-state index in [-0.39, 0.29) is 18.7 Å². The highest BCUT2D eigenvalue weighted by atomic mass is 16.7. The molecule has 0 aliphatic carbocycles. The lowest BCUT2D eigenvalue weighted by Gasteiger charge is -2.20. The third-order valence-corrected chi connectivity index (χ3v) is 4.54. The molecule has 0 unspecified atom stereocenters. The van der Waals surface area contributed by atoms with E-state index in [9.17, 15) is 24.3 Å². The lowest BCUT2D eigenvalue weighted by molar-refractivity contribution is -0.139. The first-order valence-corrected chi connectivity index (χ1v) is 11.0. The number of aromatic nitrogens is 1. The van der Waals surface area contributed by atoms with E-state index in [1.54, 1.807) is 20.8 Å². The number of nitrogens with zero attached hydrogens (tertiary/aromatic N) is 1. The molecule has 0 aliphatic rings. The number of benzene rings is 1. The molecule has 0 bridgehead atoms. The Morgan fingerprint density at radius 3 is 2.38 bits per heavy atom. The molecule has 0 fully saturated rings. The third-order valence-electron chi connectivity index (χ3n) is 4.54. The van der Waals surface area contributed by atoms with Crippen LogP contribution in [0.15, 0.2) is 53.3 Å². The first-order valence-electron chi connectivity index (χ1n) is 11.0. The van der Waals surface area contributed by atoms with Crippen molar-refractivity contribution >= 4 is 18.0 Å². The van der Waals surface area contributed by atoms with E-state index in [4.69, 9.17) is 9.57 Å². The van der Waals surface area contributed by atoms with Crippen molar-refractivity contribution in [3.05, 3.63) is 70.1 Å². The van der Waals surface area contributed by atoms with Crippen LogP contribution in [0.5, 0.6) is 0 Å². The summed E-state index contributed by atoms with van der Waals surface area (Å²) >= 11 is 0. The topological polar surface area (TPSA) is 136 Å². The number of pyridine rings is 1. The number of aliphatic carboxylic acids is 1. The maximum Gasteiger partial charge on any atom is 0.407 e. The van der Waals surface area contributed by atoms with E-state index in [1.165, 1.54) is 18.2 Å². The van der Waals surface area contributed by atoms with Crippen LogP contribution in [0.1, 0.15) is 56.1 Å². The molecule has 0 spiro atoms. The fraction of sp³-hybridized carbons (Fsp3) is 0.417. The number of alkyl carbamates (subject to hydrolysis) is 1. The fourth-order valence-corrected chi connectivity index (χ4v) is 2.96. The molecule has 34 heavy (non-hydrogen) atoms. The van der Waals surface area contributed by atoms with Crippen LogP contribution in [0.4, 0.5) is 4.79 Å². The van der Waals surface area contributed by atoms with Crippen molar-refractivity contribution < 1.29 is 29.1 Å². The number of ether oxygens (including phenoxy) is 1. The molecule has 184 valence electrons. The van der Waals surface area contributed by atoms with Crippen molar-refractivity contribution in [3.63, 3.8) is 0 Å². The maximum atomic E-state index is 12.8. The van der Waals surface area contributed by atoms with E-state index < -0.39 is 35.2 Å². The zero-order valence-corrected chi connectivity index (χ0v) is 19.6. The minimum atomic E-state index is -1.21. The summed E-state index contributed by atoms with van der Waals surface area (Å²) in [6.07, 6.45) is 0.515. The summed E-state index contributed by atoms with van der Waals surface area (Å²) in [6.45, 7) is 5.63. The van der Waals surface area contributed by atoms with E-state index in [0.717, 1.165) is 10.3 Å². The molecule has 0 saturated carbocycles. The highest BCUT2D eigenvalue weighted by Crippen LogP contribution is 2.07. The Labute approximate surface area is 197 Å². The quantitative estimate of drug-likeness (QED) is 0.426. The van der Waals surface area contributed by atoms with Gasteiger partial charge in [-0.2, -0.15) is 0 Å². The smallest absolute Gasteiger partial charge is 0.407 e.